The molecular weight excluding hydrogens is 295 g/mol. The molecule has 0 atom stereocenters. The van der Waals surface area contributed by atoms with Gasteiger partial charge in [-0.05, 0) is 37.5 Å². The first kappa shape index (κ1) is 17.9. The number of aryl methyl sites for hydroxylation is 1. The molecule has 0 aliphatic heterocycles. The van der Waals surface area contributed by atoms with Crippen molar-refractivity contribution < 1.29 is 17.5 Å². The van der Waals surface area contributed by atoms with Crippen LogP contribution < -0.4 is 10.5 Å². The van der Waals surface area contributed by atoms with Gasteiger partial charge in [-0.3, -0.25) is 0 Å². The number of anilines is 1. The van der Waals surface area contributed by atoms with Crippen LogP contribution in [-0.4, -0.2) is 28.2 Å². The minimum Gasteiger partial charge on any atom is -0.396 e. The molecule has 1 rings (SSSR count). The summed E-state index contributed by atoms with van der Waals surface area (Å²) in [5.74, 6) is -0.605. The normalized spacial score (nSPS) is 11.8. The first-order chi connectivity index (χ1) is 9.81. The highest BCUT2D eigenvalue weighted by Crippen LogP contribution is 2.27. The molecule has 7 heteroatoms. The molecule has 0 saturated heterocycles. The summed E-state index contributed by atoms with van der Waals surface area (Å²) in [7, 11) is -3.73. The minimum atomic E-state index is -3.73. The molecule has 0 amide bonds. The van der Waals surface area contributed by atoms with Crippen LogP contribution in [0, 0.1) is 19.7 Å². The van der Waals surface area contributed by atoms with Crippen molar-refractivity contribution in [2.45, 2.75) is 38.5 Å². The van der Waals surface area contributed by atoms with Crippen LogP contribution in [0.2, 0.25) is 0 Å². The highest BCUT2D eigenvalue weighted by Gasteiger charge is 2.22. The number of ether oxygens (including phenoxy) is 1. The number of nitrogens with one attached hydrogen (secondary N) is 1. The molecule has 1 aromatic carbocycles. The Bertz CT molecular complexity index is 588. The van der Waals surface area contributed by atoms with E-state index >= 15 is 0 Å². The molecule has 120 valence electrons. The first-order valence-corrected chi connectivity index (χ1v) is 8.42. The maximum atomic E-state index is 13.5. The van der Waals surface area contributed by atoms with Crippen LogP contribution in [0.5, 0.6) is 0 Å². The van der Waals surface area contributed by atoms with Gasteiger partial charge in [0.05, 0.1) is 17.2 Å². The van der Waals surface area contributed by atoms with Crippen LogP contribution in [0.1, 0.15) is 30.9 Å². The van der Waals surface area contributed by atoms with Gasteiger partial charge < -0.3 is 10.5 Å². The summed E-state index contributed by atoms with van der Waals surface area (Å²) in [5.41, 5.74) is 5.99. The highest BCUT2D eigenvalue weighted by atomic mass is 32.2. The molecule has 0 heterocycles. The fraction of sp³-hybridized carbons (Fsp3) is 0.571. The van der Waals surface area contributed by atoms with E-state index in [0.717, 1.165) is 18.9 Å². The fourth-order valence-electron chi connectivity index (χ4n) is 2.01. The third-order valence-corrected chi connectivity index (χ3v) is 4.90. The molecular formula is C14H23FN2O3S. The number of halogens is 1. The molecule has 0 aromatic heterocycles. The van der Waals surface area contributed by atoms with Crippen molar-refractivity contribution in [3.63, 3.8) is 0 Å². The van der Waals surface area contributed by atoms with Gasteiger partial charge in [-0.25, -0.2) is 17.5 Å². The van der Waals surface area contributed by atoms with Crippen LogP contribution in [-0.2, 0) is 14.8 Å². The predicted molar refractivity (Wildman–Crippen MR) is 81.2 cm³/mol. The van der Waals surface area contributed by atoms with Gasteiger partial charge in [0, 0.05) is 13.2 Å². The molecule has 0 spiro atoms. The van der Waals surface area contributed by atoms with Crippen molar-refractivity contribution in [1.29, 1.82) is 0 Å². The number of rotatable bonds is 8. The Hall–Kier alpha value is -1.18. The smallest absolute Gasteiger partial charge is 0.241 e. The summed E-state index contributed by atoms with van der Waals surface area (Å²) in [4.78, 5) is 0.0370. The lowest BCUT2D eigenvalue weighted by atomic mass is 10.1. The molecule has 0 aliphatic rings. The molecule has 0 radical (unpaired) electrons. The lowest BCUT2D eigenvalue weighted by Crippen LogP contribution is -2.29. The zero-order chi connectivity index (χ0) is 16.0. The van der Waals surface area contributed by atoms with Crippen LogP contribution >= 0.6 is 0 Å². The van der Waals surface area contributed by atoms with Crippen molar-refractivity contribution in [1.82, 2.24) is 4.72 Å². The second kappa shape index (κ2) is 7.72. The van der Waals surface area contributed by atoms with E-state index in [2.05, 4.69) is 11.6 Å². The Kier molecular flexibility index (Phi) is 6.57. The molecule has 0 unspecified atom stereocenters. The van der Waals surface area contributed by atoms with E-state index in [1.807, 2.05) is 0 Å². The highest BCUT2D eigenvalue weighted by molar-refractivity contribution is 7.89. The second-order valence-corrected chi connectivity index (χ2v) is 6.61. The molecule has 3 N–H and O–H groups in total. The Morgan fingerprint density at radius 3 is 2.62 bits per heavy atom. The van der Waals surface area contributed by atoms with E-state index in [1.165, 1.54) is 6.92 Å². The van der Waals surface area contributed by atoms with Crippen molar-refractivity contribution in [2.24, 2.45) is 0 Å². The van der Waals surface area contributed by atoms with Crippen LogP contribution in [0.15, 0.2) is 11.0 Å². The summed E-state index contributed by atoms with van der Waals surface area (Å²) < 4.78 is 45.8. The number of nitrogen functional groups attached to an aromatic ring is 1. The Balaban J connectivity index is 2.78. The molecule has 0 saturated carbocycles. The minimum absolute atomic E-state index is 0.0370. The summed E-state index contributed by atoms with van der Waals surface area (Å²) in [6.07, 6.45) is 1.97. The number of benzene rings is 1. The average Bonchev–Trinajstić information content (AvgIpc) is 2.40. The van der Waals surface area contributed by atoms with Gasteiger partial charge >= 0.3 is 0 Å². The number of hydrogen-bond acceptors (Lipinski definition) is 4. The maximum Gasteiger partial charge on any atom is 0.241 e. The van der Waals surface area contributed by atoms with E-state index in [4.69, 9.17) is 10.5 Å². The van der Waals surface area contributed by atoms with Crippen molar-refractivity contribution in [3.05, 3.63) is 23.0 Å². The molecule has 21 heavy (non-hydrogen) atoms. The van der Waals surface area contributed by atoms with Gasteiger partial charge in [0.25, 0.3) is 0 Å². The molecule has 0 bridgehead atoms. The fourth-order valence-corrected chi connectivity index (χ4v) is 3.51. The SMILES string of the molecule is CCCCOCCNS(=O)(=O)c1c(C)cc(F)c(N)c1C. The van der Waals surface area contributed by atoms with Crippen molar-refractivity contribution in [2.75, 3.05) is 25.5 Å². The number of unbranched alkanes of at least 4 members (excludes halogenated alkanes) is 1. The molecule has 0 aliphatic carbocycles. The zero-order valence-corrected chi connectivity index (χ0v) is 13.5. The van der Waals surface area contributed by atoms with E-state index < -0.39 is 15.8 Å². The van der Waals surface area contributed by atoms with Crippen LogP contribution in [0.25, 0.3) is 0 Å². The summed E-state index contributed by atoms with van der Waals surface area (Å²) in [5, 5.41) is 0. The van der Waals surface area contributed by atoms with Gasteiger partial charge in [-0.2, -0.15) is 0 Å². The maximum absolute atomic E-state index is 13.5. The number of sulfonamides is 1. The Morgan fingerprint density at radius 1 is 1.33 bits per heavy atom. The third kappa shape index (κ3) is 4.66. The van der Waals surface area contributed by atoms with Crippen LogP contribution in [0.4, 0.5) is 10.1 Å². The van der Waals surface area contributed by atoms with E-state index in [1.54, 1.807) is 6.92 Å². The Morgan fingerprint density at radius 2 is 2.00 bits per heavy atom. The first-order valence-electron chi connectivity index (χ1n) is 6.93. The largest absolute Gasteiger partial charge is 0.396 e. The topological polar surface area (TPSA) is 81.4 Å². The van der Waals surface area contributed by atoms with E-state index in [-0.39, 0.29) is 22.7 Å². The number of nitrogens with two attached hydrogens (primary N) is 1. The standard InChI is InChI=1S/C14H23FN2O3S/c1-4-5-7-20-8-6-17-21(18,19)14-10(2)9-12(15)13(16)11(14)3/h9,17H,4-8,16H2,1-3H3. The lowest BCUT2D eigenvalue weighted by Gasteiger charge is -2.14. The average molecular weight is 318 g/mol. The van der Waals surface area contributed by atoms with E-state index in [9.17, 15) is 12.8 Å². The lowest BCUT2D eigenvalue weighted by molar-refractivity contribution is 0.136. The van der Waals surface area contributed by atoms with Gasteiger partial charge in [0.1, 0.15) is 5.82 Å². The summed E-state index contributed by atoms with van der Waals surface area (Å²) in [6.45, 7) is 6.17. The molecule has 1 aromatic rings. The molecule has 5 nitrogen and oxygen atoms in total. The molecule has 0 fully saturated rings. The zero-order valence-electron chi connectivity index (χ0n) is 12.7. The second-order valence-electron chi connectivity index (χ2n) is 4.91. The predicted octanol–water partition coefficient (Wildman–Crippen LogP) is 2.12. The van der Waals surface area contributed by atoms with Gasteiger partial charge in [0.15, 0.2) is 0 Å². The number of hydrogen-bond donors (Lipinski definition) is 2. The quantitative estimate of drug-likeness (QED) is 0.568. The van der Waals surface area contributed by atoms with E-state index in [0.29, 0.717) is 18.8 Å². The monoisotopic (exact) mass is 318 g/mol. The van der Waals surface area contributed by atoms with Gasteiger partial charge in [0.2, 0.25) is 10.0 Å². The third-order valence-electron chi connectivity index (χ3n) is 3.15. The van der Waals surface area contributed by atoms with Crippen molar-refractivity contribution in [3.8, 4) is 0 Å². The summed E-state index contributed by atoms with van der Waals surface area (Å²) in [6, 6.07) is 1.13. The van der Waals surface area contributed by atoms with Gasteiger partial charge in [-0.1, -0.05) is 13.3 Å². The summed E-state index contributed by atoms with van der Waals surface area (Å²) >= 11 is 0. The van der Waals surface area contributed by atoms with Gasteiger partial charge in [-0.15, -0.1) is 0 Å². The van der Waals surface area contributed by atoms with Crippen LogP contribution in [0.3, 0.4) is 0 Å². The van der Waals surface area contributed by atoms with Crippen molar-refractivity contribution >= 4 is 15.7 Å². The Labute approximate surface area is 125 Å².